The summed E-state index contributed by atoms with van der Waals surface area (Å²) in [6.07, 6.45) is 11.3. The van der Waals surface area contributed by atoms with Gasteiger partial charge in [0, 0.05) is 31.5 Å². The summed E-state index contributed by atoms with van der Waals surface area (Å²) >= 11 is 0. The molecule has 4 unspecified atom stereocenters. The summed E-state index contributed by atoms with van der Waals surface area (Å²) in [4.78, 5) is 14.5. The van der Waals surface area contributed by atoms with Crippen LogP contribution in [0.2, 0.25) is 0 Å². The molecule has 0 radical (unpaired) electrons. The van der Waals surface area contributed by atoms with Gasteiger partial charge in [0.25, 0.3) is 0 Å². The molecule has 3 rings (SSSR count). The highest BCUT2D eigenvalue weighted by atomic mass is 16.1. The van der Waals surface area contributed by atoms with Gasteiger partial charge in [-0.2, -0.15) is 0 Å². The highest BCUT2D eigenvalue weighted by Gasteiger charge is 2.38. The van der Waals surface area contributed by atoms with E-state index in [0.29, 0.717) is 17.9 Å². The van der Waals surface area contributed by atoms with E-state index in [1.807, 2.05) is 0 Å². The minimum Gasteiger partial charge on any atom is -0.300 e. The van der Waals surface area contributed by atoms with E-state index < -0.39 is 0 Å². The van der Waals surface area contributed by atoms with Gasteiger partial charge in [0.2, 0.25) is 0 Å². The predicted molar refractivity (Wildman–Crippen MR) is 73.5 cm³/mol. The lowest BCUT2D eigenvalue weighted by Gasteiger charge is -2.47. The fourth-order valence-electron chi connectivity index (χ4n) is 4.59. The topological polar surface area (TPSA) is 20.3 Å². The molecule has 2 bridgehead atoms. The Labute approximate surface area is 111 Å². The first-order valence-electron chi connectivity index (χ1n) is 8.00. The molecule has 18 heavy (non-hydrogen) atoms. The Bertz CT molecular complexity index is 298. The number of piperidine rings is 2. The molecule has 4 atom stereocenters. The first kappa shape index (κ1) is 12.7. The Hall–Kier alpha value is -0.370. The first-order valence-corrected chi connectivity index (χ1v) is 8.00. The highest BCUT2D eigenvalue weighted by Crippen LogP contribution is 2.36. The van der Waals surface area contributed by atoms with Crippen molar-refractivity contribution in [1.29, 1.82) is 0 Å². The Balaban J connectivity index is 1.62. The van der Waals surface area contributed by atoms with Crippen LogP contribution >= 0.6 is 0 Å². The van der Waals surface area contributed by atoms with Crippen LogP contribution in [0.4, 0.5) is 0 Å². The SMILES string of the molecule is CC1CCCC(CN2C3CCCC2CC(=O)C3)C1. The normalized spacial score (nSPS) is 41.9. The van der Waals surface area contributed by atoms with Crippen molar-refractivity contribution in [3.63, 3.8) is 0 Å². The van der Waals surface area contributed by atoms with Crippen LogP contribution in [0.5, 0.6) is 0 Å². The number of ketones is 1. The number of hydrogen-bond acceptors (Lipinski definition) is 2. The minimum absolute atomic E-state index is 0.526. The first-order chi connectivity index (χ1) is 8.72. The van der Waals surface area contributed by atoms with E-state index in [-0.39, 0.29) is 0 Å². The third-order valence-electron chi connectivity index (χ3n) is 5.45. The van der Waals surface area contributed by atoms with Crippen LogP contribution in [-0.4, -0.2) is 29.3 Å². The monoisotopic (exact) mass is 249 g/mol. The molecule has 0 spiro atoms. The number of nitrogens with zero attached hydrogens (tertiary/aromatic N) is 1. The third-order valence-corrected chi connectivity index (χ3v) is 5.45. The predicted octanol–water partition coefficient (Wildman–Crippen LogP) is 3.40. The second-order valence-corrected chi connectivity index (χ2v) is 7.02. The molecule has 2 aliphatic heterocycles. The van der Waals surface area contributed by atoms with Crippen LogP contribution in [0.3, 0.4) is 0 Å². The molecule has 0 amide bonds. The fourth-order valence-corrected chi connectivity index (χ4v) is 4.59. The molecule has 1 saturated carbocycles. The van der Waals surface area contributed by atoms with Crippen LogP contribution in [0.1, 0.15) is 64.7 Å². The van der Waals surface area contributed by atoms with E-state index in [1.54, 1.807) is 0 Å². The molecule has 2 heteroatoms. The van der Waals surface area contributed by atoms with E-state index in [1.165, 1.54) is 51.5 Å². The molecule has 102 valence electrons. The summed E-state index contributed by atoms with van der Waals surface area (Å²) in [5.41, 5.74) is 0. The summed E-state index contributed by atoms with van der Waals surface area (Å²) < 4.78 is 0. The van der Waals surface area contributed by atoms with Gasteiger partial charge in [-0.15, -0.1) is 0 Å². The Kier molecular flexibility index (Phi) is 3.74. The number of carbonyl (C=O) groups excluding carboxylic acids is 1. The van der Waals surface area contributed by atoms with Crippen molar-refractivity contribution in [3.05, 3.63) is 0 Å². The third kappa shape index (κ3) is 2.64. The molecular formula is C16H27NO. The van der Waals surface area contributed by atoms with Crippen molar-refractivity contribution in [2.75, 3.05) is 6.54 Å². The van der Waals surface area contributed by atoms with E-state index in [4.69, 9.17) is 0 Å². The largest absolute Gasteiger partial charge is 0.300 e. The molecule has 0 aromatic carbocycles. The van der Waals surface area contributed by atoms with E-state index in [0.717, 1.165) is 24.7 Å². The van der Waals surface area contributed by atoms with Gasteiger partial charge in [0.1, 0.15) is 5.78 Å². The standard InChI is InChI=1S/C16H27NO/c1-12-4-2-5-13(8-12)11-17-14-6-3-7-15(17)10-16(18)9-14/h12-15H,2-11H2,1H3. The molecule has 0 aromatic heterocycles. The molecule has 3 fully saturated rings. The summed E-state index contributed by atoms with van der Waals surface area (Å²) in [5.74, 6) is 2.36. The number of hydrogen-bond donors (Lipinski definition) is 0. The van der Waals surface area contributed by atoms with Gasteiger partial charge in [-0.05, 0) is 37.5 Å². The molecule has 1 aliphatic carbocycles. The number of fused-ring (bicyclic) bond motifs is 2. The molecule has 0 aromatic rings. The average molecular weight is 249 g/mol. The highest BCUT2D eigenvalue weighted by molar-refractivity contribution is 5.80. The lowest BCUT2D eigenvalue weighted by Crippen LogP contribution is -2.54. The van der Waals surface area contributed by atoms with Crippen molar-refractivity contribution in [2.45, 2.75) is 76.8 Å². The van der Waals surface area contributed by atoms with Crippen molar-refractivity contribution in [3.8, 4) is 0 Å². The van der Waals surface area contributed by atoms with Crippen LogP contribution in [0.15, 0.2) is 0 Å². The van der Waals surface area contributed by atoms with E-state index >= 15 is 0 Å². The molecular weight excluding hydrogens is 222 g/mol. The van der Waals surface area contributed by atoms with Gasteiger partial charge in [-0.1, -0.05) is 26.2 Å². The Morgan fingerprint density at radius 3 is 2.39 bits per heavy atom. The van der Waals surface area contributed by atoms with Gasteiger partial charge >= 0.3 is 0 Å². The van der Waals surface area contributed by atoms with Crippen molar-refractivity contribution >= 4 is 5.78 Å². The summed E-state index contributed by atoms with van der Waals surface area (Å²) in [7, 11) is 0. The lowest BCUT2D eigenvalue weighted by atomic mass is 9.79. The van der Waals surface area contributed by atoms with Gasteiger partial charge in [0.15, 0.2) is 0 Å². The van der Waals surface area contributed by atoms with Crippen LogP contribution < -0.4 is 0 Å². The van der Waals surface area contributed by atoms with Gasteiger partial charge in [-0.3, -0.25) is 9.69 Å². The van der Waals surface area contributed by atoms with Crippen molar-refractivity contribution in [1.82, 2.24) is 4.90 Å². The molecule has 2 heterocycles. The fraction of sp³-hybridized carbons (Fsp3) is 0.938. The summed E-state index contributed by atoms with van der Waals surface area (Å²) in [6, 6.07) is 1.20. The summed E-state index contributed by atoms with van der Waals surface area (Å²) in [6.45, 7) is 3.69. The second-order valence-electron chi connectivity index (χ2n) is 7.02. The molecule has 3 aliphatic rings. The average Bonchev–Trinajstić information content (AvgIpc) is 2.30. The smallest absolute Gasteiger partial charge is 0.136 e. The maximum Gasteiger partial charge on any atom is 0.136 e. The lowest BCUT2D eigenvalue weighted by molar-refractivity contribution is -0.127. The van der Waals surface area contributed by atoms with Crippen LogP contribution in [-0.2, 0) is 4.79 Å². The molecule has 0 N–H and O–H groups in total. The maximum atomic E-state index is 11.7. The van der Waals surface area contributed by atoms with Gasteiger partial charge in [0.05, 0.1) is 0 Å². The number of carbonyl (C=O) groups is 1. The van der Waals surface area contributed by atoms with Crippen LogP contribution in [0, 0.1) is 11.8 Å². The zero-order valence-corrected chi connectivity index (χ0v) is 11.7. The molecule has 2 nitrogen and oxygen atoms in total. The number of rotatable bonds is 2. The maximum absolute atomic E-state index is 11.7. The minimum atomic E-state index is 0.526. The van der Waals surface area contributed by atoms with E-state index in [2.05, 4.69) is 11.8 Å². The number of Topliss-reactive ketones (excluding diaryl/α,β-unsaturated/α-hetero) is 1. The summed E-state index contributed by atoms with van der Waals surface area (Å²) in [5, 5.41) is 0. The molecule has 2 saturated heterocycles. The van der Waals surface area contributed by atoms with E-state index in [9.17, 15) is 4.79 Å². The van der Waals surface area contributed by atoms with Gasteiger partial charge in [-0.25, -0.2) is 0 Å². The van der Waals surface area contributed by atoms with Crippen LogP contribution in [0.25, 0.3) is 0 Å². The Morgan fingerprint density at radius 2 is 1.72 bits per heavy atom. The zero-order valence-electron chi connectivity index (χ0n) is 11.7. The van der Waals surface area contributed by atoms with Crippen molar-refractivity contribution < 1.29 is 4.79 Å². The second kappa shape index (κ2) is 5.32. The Morgan fingerprint density at radius 1 is 1.06 bits per heavy atom. The van der Waals surface area contributed by atoms with Crippen molar-refractivity contribution in [2.24, 2.45) is 11.8 Å². The van der Waals surface area contributed by atoms with Gasteiger partial charge < -0.3 is 0 Å². The zero-order chi connectivity index (χ0) is 12.5. The quantitative estimate of drug-likeness (QED) is 0.747.